The highest BCUT2D eigenvalue weighted by atomic mass is 16.5. The van der Waals surface area contributed by atoms with E-state index in [0.29, 0.717) is 25.9 Å². The van der Waals surface area contributed by atoms with Crippen LogP contribution >= 0.6 is 0 Å². The van der Waals surface area contributed by atoms with Crippen LogP contribution in [0.2, 0.25) is 0 Å². The maximum absolute atomic E-state index is 12.5. The molecule has 3 N–H and O–H groups in total. The maximum Gasteiger partial charge on any atom is 0.305 e. The Morgan fingerprint density at radius 1 is 0.418 bits per heavy atom. The summed E-state index contributed by atoms with van der Waals surface area (Å²) in [6.07, 6.45) is 68.9. The first-order valence-corrected chi connectivity index (χ1v) is 30.1. The second-order valence-electron chi connectivity index (χ2n) is 20.7. The lowest BCUT2D eigenvalue weighted by Crippen LogP contribution is -2.45. The van der Waals surface area contributed by atoms with Gasteiger partial charge in [0.25, 0.3) is 0 Å². The normalized spacial score (nSPS) is 12.7. The van der Waals surface area contributed by atoms with Gasteiger partial charge in [0.15, 0.2) is 0 Å². The Kier molecular flexibility index (Phi) is 55.5. The molecule has 0 aromatic heterocycles. The van der Waals surface area contributed by atoms with Crippen LogP contribution in [-0.2, 0) is 14.3 Å². The van der Waals surface area contributed by atoms with E-state index in [-0.39, 0.29) is 18.5 Å². The van der Waals surface area contributed by atoms with Gasteiger partial charge in [-0.3, -0.25) is 9.59 Å². The summed E-state index contributed by atoms with van der Waals surface area (Å²) in [6.45, 7) is 4.93. The van der Waals surface area contributed by atoms with Crippen molar-refractivity contribution in [3.8, 4) is 0 Å². The number of allylic oxidation sites excluding steroid dienone is 4. The molecule has 0 aromatic carbocycles. The van der Waals surface area contributed by atoms with E-state index in [0.717, 1.165) is 51.4 Å². The summed E-state index contributed by atoms with van der Waals surface area (Å²) in [5.41, 5.74) is 0. The molecular formula is C61H117NO5. The van der Waals surface area contributed by atoms with Crippen molar-refractivity contribution >= 4 is 11.9 Å². The fraction of sp³-hybridized carbons (Fsp3) is 0.902. The Labute approximate surface area is 418 Å². The maximum atomic E-state index is 12.5. The minimum absolute atomic E-state index is 0.00317. The van der Waals surface area contributed by atoms with Crippen molar-refractivity contribution in [3.05, 3.63) is 24.3 Å². The average Bonchev–Trinajstić information content (AvgIpc) is 3.33. The topological polar surface area (TPSA) is 95.9 Å². The zero-order valence-corrected chi connectivity index (χ0v) is 45.1. The summed E-state index contributed by atoms with van der Waals surface area (Å²) in [5.74, 6) is -0.0329. The lowest BCUT2D eigenvalue weighted by atomic mass is 10.0. The van der Waals surface area contributed by atoms with Crippen molar-refractivity contribution in [2.75, 3.05) is 13.2 Å². The van der Waals surface area contributed by atoms with Crippen molar-refractivity contribution in [2.24, 2.45) is 0 Å². The SMILES string of the molecule is CCCCC/C=C\C/C=C\CCCCCCCCCC(=O)OCCCCCCCCCCCCCCCCCCCCCCC(=O)NC(CO)C(O)CCCCCCCCCCCCCCC. The molecule has 0 saturated carbocycles. The van der Waals surface area contributed by atoms with E-state index in [1.807, 2.05) is 0 Å². The van der Waals surface area contributed by atoms with Crippen molar-refractivity contribution in [2.45, 2.75) is 341 Å². The van der Waals surface area contributed by atoms with Crippen molar-refractivity contribution in [1.82, 2.24) is 5.32 Å². The average molecular weight is 945 g/mol. The number of ether oxygens (including phenoxy) is 1. The molecular weight excluding hydrogens is 827 g/mol. The second-order valence-corrected chi connectivity index (χ2v) is 20.7. The molecule has 0 fully saturated rings. The predicted molar refractivity (Wildman–Crippen MR) is 292 cm³/mol. The van der Waals surface area contributed by atoms with Crippen LogP contribution in [0, 0.1) is 0 Å². The van der Waals surface area contributed by atoms with Crippen LogP contribution in [0.1, 0.15) is 328 Å². The molecule has 1 amide bonds. The van der Waals surface area contributed by atoms with E-state index < -0.39 is 12.1 Å². The number of hydrogen-bond acceptors (Lipinski definition) is 5. The lowest BCUT2D eigenvalue weighted by Gasteiger charge is -2.22. The van der Waals surface area contributed by atoms with Crippen LogP contribution in [0.4, 0.5) is 0 Å². The highest BCUT2D eigenvalue weighted by molar-refractivity contribution is 5.76. The molecule has 2 atom stereocenters. The minimum atomic E-state index is -0.665. The Morgan fingerprint density at radius 3 is 1.16 bits per heavy atom. The monoisotopic (exact) mass is 944 g/mol. The van der Waals surface area contributed by atoms with E-state index in [1.165, 1.54) is 244 Å². The molecule has 0 saturated heterocycles. The van der Waals surface area contributed by atoms with Gasteiger partial charge in [0, 0.05) is 12.8 Å². The van der Waals surface area contributed by atoms with Gasteiger partial charge >= 0.3 is 5.97 Å². The number of aliphatic hydroxyl groups excluding tert-OH is 2. The summed E-state index contributed by atoms with van der Waals surface area (Å²) < 4.78 is 5.49. The van der Waals surface area contributed by atoms with Gasteiger partial charge in [-0.05, 0) is 57.8 Å². The first-order valence-electron chi connectivity index (χ1n) is 30.1. The highest BCUT2D eigenvalue weighted by Crippen LogP contribution is 2.18. The molecule has 0 aromatic rings. The van der Waals surface area contributed by atoms with Crippen LogP contribution in [0.3, 0.4) is 0 Å². The first kappa shape index (κ1) is 65.3. The Balaban J connectivity index is 3.38. The molecule has 0 aliphatic heterocycles. The van der Waals surface area contributed by atoms with Crippen LogP contribution in [0.5, 0.6) is 0 Å². The zero-order valence-electron chi connectivity index (χ0n) is 45.1. The fourth-order valence-electron chi connectivity index (χ4n) is 9.38. The smallest absolute Gasteiger partial charge is 0.305 e. The number of hydrogen-bond donors (Lipinski definition) is 3. The van der Waals surface area contributed by atoms with E-state index in [2.05, 4.69) is 43.5 Å². The fourth-order valence-corrected chi connectivity index (χ4v) is 9.38. The van der Waals surface area contributed by atoms with Crippen molar-refractivity contribution in [3.63, 3.8) is 0 Å². The van der Waals surface area contributed by atoms with Gasteiger partial charge < -0.3 is 20.3 Å². The Hall–Kier alpha value is -1.66. The summed E-state index contributed by atoms with van der Waals surface area (Å²) in [5, 5.41) is 23.2. The summed E-state index contributed by atoms with van der Waals surface area (Å²) in [6, 6.07) is -0.542. The van der Waals surface area contributed by atoms with E-state index in [4.69, 9.17) is 4.74 Å². The number of unbranched alkanes of at least 4 members (excludes halogenated alkanes) is 41. The molecule has 396 valence electrons. The zero-order chi connectivity index (χ0) is 48.6. The quantitative estimate of drug-likeness (QED) is 0.0321. The highest BCUT2D eigenvalue weighted by Gasteiger charge is 2.20. The third kappa shape index (κ3) is 53.5. The predicted octanol–water partition coefficient (Wildman–Crippen LogP) is 18.6. The number of rotatable bonds is 56. The Bertz CT molecular complexity index is 1040. The van der Waals surface area contributed by atoms with Crippen LogP contribution in [0.25, 0.3) is 0 Å². The molecule has 0 aliphatic rings. The molecule has 0 rings (SSSR count). The number of nitrogens with one attached hydrogen (secondary N) is 1. The minimum Gasteiger partial charge on any atom is -0.466 e. The van der Waals surface area contributed by atoms with E-state index in [9.17, 15) is 19.8 Å². The third-order valence-electron chi connectivity index (χ3n) is 14.0. The number of carbonyl (C=O) groups excluding carboxylic acids is 2. The standard InChI is InChI=1S/C61H117NO5/c1-3-5-7-9-11-13-15-17-18-23-27-31-35-39-43-47-51-55-61(66)67-56-52-48-44-40-36-32-28-25-22-20-19-21-24-26-30-34-38-42-46-50-54-60(65)62-58(57-63)59(64)53-49-45-41-37-33-29-16-14-12-10-8-6-4-2/h11,13,17-18,58-59,63-64H,3-10,12,14-16,19-57H2,1-2H3,(H,62,65)/b13-11-,18-17-. The van der Waals surface area contributed by atoms with E-state index in [1.54, 1.807) is 0 Å². The number of aliphatic hydroxyl groups is 2. The molecule has 0 radical (unpaired) electrons. The van der Waals surface area contributed by atoms with Crippen molar-refractivity contribution in [1.29, 1.82) is 0 Å². The molecule has 2 unspecified atom stereocenters. The van der Waals surface area contributed by atoms with Crippen LogP contribution in [0.15, 0.2) is 24.3 Å². The summed E-state index contributed by atoms with van der Waals surface area (Å²) in [4.78, 5) is 24.5. The molecule has 6 heteroatoms. The molecule has 0 aliphatic carbocycles. The number of esters is 1. The first-order chi connectivity index (χ1) is 33.0. The molecule has 67 heavy (non-hydrogen) atoms. The van der Waals surface area contributed by atoms with Gasteiger partial charge in [-0.15, -0.1) is 0 Å². The number of carbonyl (C=O) groups is 2. The Morgan fingerprint density at radius 2 is 0.746 bits per heavy atom. The number of amides is 1. The van der Waals surface area contributed by atoms with E-state index >= 15 is 0 Å². The van der Waals surface area contributed by atoms with Gasteiger partial charge in [-0.2, -0.15) is 0 Å². The van der Waals surface area contributed by atoms with Crippen LogP contribution < -0.4 is 5.32 Å². The van der Waals surface area contributed by atoms with Gasteiger partial charge in [-0.1, -0.05) is 282 Å². The molecule has 0 spiro atoms. The summed E-state index contributed by atoms with van der Waals surface area (Å²) in [7, 11) is 0. The largest absolute Gasteiger partial charge is 0.466 e. The second kappa shape index (κ2) is 56.9. The summed E-state index contributed by atoms with van der Waals surface area (Å²) >= 11 is 0. The van der Waals surface area contributed by atoms with Crippen molar-refractivity contribution < 1.29 is 24.5 Å². The van der Waals surface area contributed by atoms with Gasteiger partial charge in [0.2, 0.25) is 5.91 Å². The van der Waals surface area contributed by atoms with Gasteiger partial charge in [-0.25, -0.2) is 0 Å². The third-order valence-corrected chi connectivity index (χ3v) is 14.0. The van der Waals surface area contributed by atoms with Gasteiger partial charge in [0.1, 0.15) is 0 Å². The van der Waals surface area contributed by atoms with Gasteiger partial charge in [0.05, 0.1) is 25.4 Å². The molecule has 0 bridgehead atoms. The molecule has 6 nitrogen and oxygen atoms in total. The lowest BCUT2D eigenvalue weighted by molar-refractivity contribution is -0.143. The van der Waals surface area contributed by atoms with Crippen LogP contribution in [-0.4, -0.2) is 47.4 Å². The molecule has 0 heterocycles.